The normalized spacial score (nSPS) is 29.0. The minimum Gasteiger partial charge on any atom is -0.491 e. The first kappa shape index (κ1) is 40.1. The lowest BCUT2D eigenvalue weighted by Crippen LogP contribution is -2.74. The molecule has 13 nitrogen and oxygen atoms in total. The Morgan fingerprint density at radius 3 is 2.59 bits per heavy atom. The average molecular weight is 796 g/mol. The number of carbonyl (C=O) groups is 2. The molecule has 3 N–H and O–H groups in total. The summed E-state index contributed by atoms with van der Waals surface area (Å²) in [5, 5.41) is 21.2. The van der Waals surface area contributed by atoms with Gasteiger partial charge in [0.25, 0.3) is 0 Å². The van der Waals surface area contributed by atoms with Crippen LogP contribution >= 0.6 is 0 Å². The van der Waals surface area contributed by atoms with Crippen molar-refractivity contribution in [3.63, 3.8) is 0 Å². The number of hydrogen-bond donors (Lipinski definition) is 3. The summed E-state index contributed by atoms with van der Waals surface area (Å²) in [6.07, 6.45) is 14.8. The molecule has 1 spiro atoms. The van der Waals surface area contributed by atoms with Gasteiger partial charge in [-0.25, -0.2) is 14.5 Å². The summed E-state index contributed by atoms with van der Waals surface area (Å²) in [4.78, 5) is 32.8. The van der Waals surface area contributed by atoms with Crippen molar-refractivity contribution in [2.45, 2.75) is 116 Å². The van der Waals surface area contributed by atoms with E-state index in [2.05, 4.69) is 74.5 Å². The Morgan fingerprint density at radius 2 is 1.86 bits per heavy atom. The quantitative estimate of drug-likeness (QED) is 0.0834. The molecule has 3 aliphatic carbocycles. The van der Waals surface area contributed by atoms with Gasteiger partial charge in [0.2, 0.25) is 5.95 Å². The van der Waals surface area contributed by atoms with Crippen LogP contribution in [0.4, 0.5) is 5.95 Å². The molecule has 4 aliphatic heterocycles. The predicted molar refractivity (Wildman–Crippen MR) is 220 cm³/mol. The molecule has 0 amide bonds. The van der Waals surface area contributed by atoms with Crippen molar-refractivity contribution in [2.24, 2.45) is 11.8 Å². The highest BCUT2D eigenvalue weighted by atomic mass is 16.6. The monoisotopic (exact) mass is 795 g/mol. The highest BCUT2D eigenvalue weighted by Crippen LogP contribution is 2.73. The van der Waals surface area contributed by atoms with E-state index in [0.717, 1.165) is 40.8 Å². The Bertz CT molecular complexity index is 2210. The Hall–Kier alpha value is -4.72. The molecule has 0 radical (unpaired) electrons. The fraction of sp³-hybridized carbons (Fsp3) is 0.556. The highest BCUT2D eigenvalue weighted by molar-refractivity contribution is 6.02. The number of rotatable bonds is 14. The van der Waals surface area contributed by atoms with Gasteiger partial charge in [0.15, 0.2) is 17.0 Å². The van der Waals surface area contributed by atoms with E-state index >= 15 is 4.79 Å². The number of allylic oxidation sites excluding steroid dienone is 4. The number of methoxy groups -OCH3 is 1. The molecule has 6 bridgehead atoms. The number of benzene rings is 1. The highest BCUT2D eigenvalue weighted by Gasteiger charge is 2.84. The van der Waals surface area contributed by atoms with E-state index < -0.39 is 40.3 Å². The van der Waals surface area contributed by atoms with Gasteiger partial charge in [0.05, 0.1) is 42.2 Å². The van der Waals surface area contributed by atoms with Gasteiger partial charge < -0.3 is 39.4 Å². The predicted octanol–water partition coefficient (Wildman–Crippen LogP) is 6.44. The van der Waals surface area contributed by atoms with E-state index in [4.69, 9.17) is 28.8 Å². The van der Waals surface area contributed by atoms with E-state index in [1.165, 1.54) is 12.7 Å². The molecular weight excluding hydrogens is 739 g/mol. The maximum Gasteiger partial charge on any atom is 0.333 e. The smallest absolute Gasteiger partial charge is 0.333 e. The average Bonchev–Trinajstić information content (AvgIpc) is 3.62. The summed E-state index contributed by atoms with van der Waals surface area (Å²) in [7, 11) is 1.35. The number of nitrogens with one attached hydrogen (secondary N) is 2. The number of aliphatic hydroxyl groups excluding tert-OH is 1. The zero-order chi connectivity index (χ0) is 41.4. The number of Topliss-reactive ketones (excluding diaryl/α,β-unsaturated/α-hetero) is 1. The zero-order valence-electron chi connectivity index (χ0n) is 35.2. The molecule has 4 fully saturated rings. The molecule has 3 saturated carbocycles. The van der Waals surface area contributed by atoms with Crippen LogP contribution in [0.5, 0.6) is 17.2 Å². The summed E-state index contributed by atoms with van der Waals surface area (Å²) in [6.45, 7) is 17.5. The first-order chi connectivity index (χ1) is 27.6. The van der Waals surface area contributed by atoms with Crippen LogP contribution in [0.15, 0.2) is 52.9 Å². The molecule has 58 heavy (non-hydrogen) atoms. The van der Waals surface area contributed by atoms with Gasteiger partial charge in [-0.2, -0.15) is 0 Å². The third-order valence-electron chi connectivity index (χ3n) is 12.8. The van der Waals surface area contributed by atoms with Crippen molar-refractivity contribution < 1.29 is 38.4 Å². The Kier molecular flexibility index (Phi) is 10.0. The van der Waals surface area contributed by atoms with Gasteiger partial charge in [-0.1, -0.05) is 29.4 Å². The second-order valence-corrected chi connectivity index (χ2v) is 17.7. The SMILES string of the molecule is COC(=O)/C(C)=C\CC12OC(C)(C)C3CC(C1=O)C1C4=C(Nc5ncn1n5)c1c(OCCNCCO)c5c(c(CC=C(C)C)c1OC432)OC(C)(CCC=C(C)C)C=C5. The maximum absolute atomic E-state index is 15.4. The molecule has 310 valence electrons. The zero-order valence-corrected chi connectivity index (χ0v) is 35.2. The summed E-state index contributed by atoms with van der Waals surface area (Å²) in [5.41, 5.74) is 2.45. The fourth-order valence-corrected chi connectivity index (χ4v) is 10.3. The Balaban J connectivity index is 1.43. The molecule has 1 saturated heterocycles. The standard InChI is InChI=1S/C45H57N5O8/c1-25(2)11-10-16-43(8)17-15-29-36(56-43)28(13-12-26(3)4)38-32(37(29)55-22-20-46-19-21-51)34-33-35(50-24-47-41(48-34)49-50)30-23-31-42(6,7)58-44(39(30)52,45(31,33)57-38)18-14-27(5)40(53)54-9/h11-12,14-15,17,24,30-31,35,46,51H,10,13,16,18-23H2,1-9H3,(H,48,49)/b27-14-. The van der Waals surface area contributed by atoms with E-state index in [-0.39, 0.29) is 24.7 Å². The number of hydrogen-bond acceptors (Lipinski definition) is 12. The lowest BCUT2D eigenvalue weighted by molar-refractivity contribution is -0.181. The largest absolute Gasteiger partial charge is 0.491 e. The van der Waals surface area contributed by atoms with Crippen LogP contribution in [0, 0.1) is 11.8 Å². The number of aromatic nitrogens is 3. The topological polar surface area (TPSA) is 155 Å². The number of aliphatic hydroxyl groups is 1. The third kappa shape index (κ3) is 6.06. The Morgan fingerprint density at radius 1 is 1.09 bits per heavy atom. The van der Waals surface area contributed by atoms with Crippen LogP contribution in [-0.4, -0.2) is 87.4 Å². The fourth-order valence-electron chi connectivity index (χ4n) is 10.3. The van der Waals surface area contributed by atoms with Gasteiger partial charge in [0.1, 0.15) is 35.8 Å². The molecule has 6 atom stereocenters. The Labute approximate surface area is 340 Å². The lowest BCUT2D eigenvalue weighted by Gasteiger charge is -2.60. The van der Waals surface area contributed by atoms with Gasteiger partial charge in [-0.15, -0.1) is 5.10 Å². The number of ketones is 1. The van der Waals surface area contributed by atoms with E-state index in [9.17, 15) is 9.90 Å². The molecule has 1 aromatic carbocycles. The second kappa shape index (κ2) is 14.5. The minimum atomic E-state index is -1.50. The first-order valence-corrected chi connectivity index (χ1v) is 20.5. The van der Waals surface area contributed by atoms with E-state index in [1.807, 2.05) is 13.8 Å². The van der Waals surface area contributed by atoms with Crippen LogP contribution in [0.2, 0.25) is 0 Å². The summed E-state index contributed by atoms with van der Waals surface area (Å²) >= 11 is 0. The molecule has 2 aromatic rings. The molecule has 13 heteroatoms. The molecule has 9 rings (SSSR count). The minimum absolute atomic E-state index is 0.0118. The van der Waals surface area contributed by atoms with Crippen molar-refractivity contribution in [3.8, 4) is 17.2 Å². The second-order valence-electron chi connectivity index (χ2n) is 17.7. The van der Waals surface area contributed by atoms with Gasteiger partial charge in [-0.3, -0.25) is 4.79 Å². The molecule has 5 heterocycles. The van der Waals surface area contributed by atoms with Crippen molar-refractivity contribution in [2.75, 3.05) is 38.7 Å². The van der Waals surface area contributed by atoms with Crippen molar-refractivity contribution in [3.05, 3.63) is 69.6 Å². The number of nitrogens with zero attached hydrogens (tertiary/aromatic N) is 3. The van der Waals surface area contributed by atoms with Crippen molar-refractivity contribution >= 4 is 29.5 Å². The van der Waals surface area contributed by atoms with Gasteiger partial charge >= 0.3 is 5.97 Å². The van der Waals surface area contributed by atoms with Crippen LogP contribution in [0.1, 0.15) is 104 Å². The molecule has 6 unspecified atom stereocenters. The molecule has 7 aliphatic rings. The van der Waals surface area contributed by atoms with E-state index in [0.29, 0.717) is 66.9 Å². The molecular formula is C45H57N5O8. The first-order valence-electron chi connectivity index (χ1n) is 20.5. The van der Waals surface area contributed by atoms with Gasteiger partial charge in [-0.05, 0) is 93.2 Å². The van der Waals surface area contributed by atoms with E-state index in [1.54, 1.807) is 24.0 Å². The van der Waals surface area contributed by atoms with Crippen LogP contribution in [0.25, 0.3) is 11.8 Å². The number of esters is 1. The van der Waals surface area contributed by atoms with Crippen LogP contribution in [0.3, 0.4) is 0 Å². The number of carbonyl (C=O) groups excluding carboxylic acids is 2. The molecule has 1 aromatic heterocycles. The van der Waals surface area contributed by atoms with Crippen LogP contribution < -0.4 is 24.8 Å². The number of ether oxygens (including phenoxy) is 5. The number of fused-ring (bicyclic) bond motifs is 5. The van der Waals surface area contributed by atoms with Crippen LogP contribution in [-0.2, 0) is 25.5 Å². The summed E-state index contributed by atoms with van der Waals surface area (Å²) in [5.74, 6) is 0.866. The maximum atomic E-state index is 15.4. The summed E-state index contributed by atoms with van der Waals surface area (Å²) < 4.78 is 35.9. The number of anilines is 1. The lowest BCUT2D eigenvalue weighted by atomic mass is 9.47. The summed E-state index contributed by atoms with van der Waals surface area (Å²) in [6, 6.07) is -0.513. The van der Waals surface area contributed by atoms with Crippen molar-refractivity contribution in [1.82, 2.24) is 20.1 Å². The van der Waals surface area contributed by atoms with Crippen molar-refractivity contribution in [1.29, 1.82) is 0 Å². The van der Waals surface area contributed by atoms with Gasteiger partial charge in [0, 0.05) is 48.1 Å². The third-order valence-corrected chi connectivity index (χ3v) is 12.8.